The highest BCUT2D eigenvalue weighted by molar-refractivity contribution is 6.39. The SMILES string of the molecule is O=C(Nc1ccc(C(=O)/C=C/c2cc(N3CCOCC3)c3ccccc3n2)cc1)C(=O)N1CCCCC1. The van der Waals surface area contributed by atoms with E-state index in [-0.39, 0.29) is 5.78 Å². The summed E-state index contributed by atoms with van der Waals surface area (Å²) >= 11 is 0. The maximum absolute atomic E-state index is 12.8. The van der Waals surface area contributed by atoms with Crippen molar-refractivity contribution in [2.45, 2.75) is 19.3 Å². The number of rotatable bonds is 5. The molecule has 0 atom stereocenters. The van der Waals surface area contributed by atoms with Crippen molar-refractivity contribution in [3.63, 3.8) is 0 Å². The number of aromatic nitrogens is 1. The molecule has 0 radical (unpaired) electrons. The Morgan fingerprint density at radius 3 is 2.38 bits per heavy atom. The van der Waals surface area contributed by atoms with E-state index in [1.807, 2.05) is 24.3 Å². The molecule has 2 aliphatic heterocycles. The van der Waals surface area contributed by atoms with Gasteiger partial charge in [-0.3, -0.25) is 14.4 Å². The summed E-state index contributed by atoms with van der Waals surface area (Å²) in [4.78, 5) is 46.1. The summed E-state index contributed by atoms with van der Waals surface area (Å²) in [5, 5.41) is 3.71. The molecular formula is C29H30N4O4. The Labute approximate surface area is 215 Å². The Morgan fingerprint density at radius 2 is 1.62 bits per heavy atom. The molecule has 2 aliphatic rings. The number of nitrogens with zero attached hydrogens (tertiary/aromatic N) is 3. The number of hydrogen-bond donors (Lipinski definition) is 1. The van der Waals surface area contributed by atoms with Crippen molar-refractivity contribution in [1.29, 1.82) is 0 Å². The van der Waals surface area contributed by atoms with Crippen LogP contribution in [0.15, 0.2) is 60.7 Å². The molecule has 2 fully saturated rings. The van der Waals surface area contributed by atoms with Crippen LogP contribution in [-0.2, 0) is 14.3 Å². The topological polar surface area (TPSA) is 91.8 Å². The molecule has 190 valence electrons. The molecule has 2 aromatic carbocycles. The third kappa shape index (κ3) is 5.86. The first-order valence-corrected chi connectivity index (χ1v) is 12.7. The lowest BCUT2D eigenvalue weighted by atomic mass is 10.1. The van der Waals surface area contributed by atoms with Crippen molar-refractivity contribution in [2.24, 2.45) is 0 Å². The molecule has 8 heteroatoms. The second-order valence-corrected chi connectivity index (χ2v) is 9.26. The first-order valence-electron chi connectivity index (χ1n) is 12.7. The molecule has 1 N–H and O–H groups in total. The minimum Gasteiger partial charge on any atom is -0.378 e. The van der Waals surface area contributed by atoms with E-state index in [1.165, 1.54) is 6.08 Å². The second-order valence-electron chi connectivity index (χ2n) is 9.26. The molecule has 3 aromatic rings. The number of para-hydroxylation sites is 1. The zero-order valence-electron chi connectivity index (χ0n) is 20.7. The van der Waals surface area contributed by atoms with Gasteiger partial charge in [0.2, 0.25) is 0 Å². The van der Waals surface area contributed by atoms with Crippen LogP contribution < -0.4 is 10.2 Å². The van der Waals surface area contributed by atoms with Gasteiger partial charge < -0.3 is 19.9 Å². The largest absolute Gasteiger partial charge is 0.378 e. The molecule has 5 rings (SSSR count). The minimum atomic E-state index is -0.653. The van der Waals surface area contributed by atoms with Crippen LogP contribution in [0.2, 0.25) is 0 Å². The summed E-state index contributed by atoms with van der Waals surface area (Å²) in [5.74, 6) is -1.34. The van der Waals surface area contributed by atoms with E-state index >= 15 is 0 Å². The Kier molecular flexibility index (Phi) is 7.56. The van der Waals surface area contributed by atoms with Gasteiger partial charge in [0.15, 0.2) is 5.78 Å². The maximum Gasteiger partial charge on any atom is 0.313 e. The van der Waals surface area contributed by atoms with Gasteiger partial charge in [-0.1, -0.05) is 18.2 Å². The summed E-state index contributed by atoms with van der Waals surface area (Å²) in [6, 6.07) is 16.5. The van der Waals surface area contributed by atoms with E-state index in [1.54, 1.807) is 35.2 Å². The van der Waals surface area contributed by atoms with Crippen LogP contribution in [0.4, 0.5) is 11.4 Å². The highest BCUT2D eigenvalue weighted by Crippen LogP contribution is 2.28. The Morgan fingerprint density at radius 1 is 0.892 bits per heavy atom. The zero-order valence-corrected chi connectivity index (χ0v) is 20.7. The molecule has 0 unspecified atom stereocenters. The molecule has 0 saturated carbocycles. The van der Waals surface area contributed by atoms with Crippen LogP contribution >= 0.6 is 0 Å². The standard InChI is InChI=1S/C29H30N4O4/c34-27(21-8-10-22(11-9-21)31-28(35)29(36)33-14-4-1-5-15-33)13-12-23-20-26(32-16-18-37-19-17-32)24-6-2-3-7-25(24)30-23/h2-3,6-13,20H,1,4-5,14-19H2,(H,31,35)/b13-12+. The van der Waals surface area contributed by atoms with E-state index in [0.29, 0.717) is 43.2 Å². The fourth-order valence-electron chi connectivity index (χ4n) is 4.73. The number of amides is 2. The Hall–Kier alpha value is -4.04. The predicted molar refractivity (Wildman–Crippen MR) is 144 cm³/mol. The lowest BCUT2D eigenvalue weighted by Crippen LogP contribution is -2.42. The van der Waals surface area contributed by atoms with Gasteiger partial charge in [-0.2, -0.15) is 0 Å². The van der Waals surface area contributed by atoms with E-state index in [0.717, 1.165) is 48.9 Å². The number of fused-ring (bicyclic) bond motifs is 1. The molecule has 1 aromatic heterocycles. The van der Waals surface area contributed by atoms with Gasteiger partial charge in [0.25, 0.3) is 0 Å². The summed E-state index contributed by atoms with van der Waals surface area (Å²) in [5.41, 5.74) is 3.61. The fraction of sp³-hybridized carbons (Fsp3) is 0.310. The number of pyridine rings is 1. The number of ether oxygens (including phenoxy) is 1. The van der Waals surface area contributed by atoms with E-state index in [9.17, 15) is 14.4 Å². The van der Waals surface area contributed by atoms with Gasteiger partial charge >= 0.3 is 11.8 Å². The number of anilines is 2. The van der Waals surface area contributed by atoms with Crippen LogP contribution in [-0.4, -0.2) is 66.9 Å². The van der Waals surface area contributed by atoms with Crippen molar-refractivity contribution >= 4 is 46.0 Å². The summed E-state index contributed by atoms with van der Waals surface area (Å²) in [7, 11) is 0. The zero-order chi connectivity index (χ0) is 25.6. The lowest BCUT2D eigenvalue weighted by Gasteiger charge is -2.30. The molecular weight excluding hydrogens is 468 g/mol. The number of piperidine rings is 1. The lowest BCUT2D eigenvalue weighted by molar-refractivity contribution is -0.143. The molecule has 0 aliphatic carbocycles. The monoisotopic (exact) mass is 498 g/mol. The Bertz CT molecular complexity index is 1320. The molecule has 0 spiro atoms. The number of ketones is 1. The van der Waals surface area contributed by atoms with Crippen molar-refractivity contribution < 1.29 is 19.1 Å². The first kappa shape index (κ1) is 24.6. The molecule has 2 saturated heterocycles. The summed E-state index contributed by atoms with van der Waals surface area (Å²) in [6.45, 7) is 4.22. The van der Waals surface area contributed by atoms with Crippen LogP contribution in [0.3, 0.4) is 0 Å². The maximum atomic E-state index is 12.8. The number of benzene rings is 2. The van der Waals surface area contributed by atoms with E-state index in [2.05, 4.69) is 16.3 Å². The first-order chi connectivity index (χ1) is 18.1. The van der Waals surface area contributed by atoms with Crippen LogP contribution in [0.5, 0.6) is 0 Å². The van der Waals surface area contributed by atoms with Crippen molar-refractivity contribution in [3.05, 3.63) is 71.9 Å². The van der Waals surface area contributed by atoms with Gasteiger partial charge in [0.1, 0.15) is 0 Å². The highest BCUT2D eigenvalue weighted by Gasteiger charge is 2.23. The number of carbonyl (C=O) groups excluding carboxylic acids is 3. The quantitative estimate of drug-likeness (QED) is 0.326. The number of morpholine rings is 1. The average Bonchev–Trinajstić information content (AvgIpc) is 2.96. The number of likely N-dealkylation sites (tertiary alicyclic amines) is 1. The van der Waals surface area contributed by atoms with E-state index < -0.39 is 11.8 Å². The van der Waals surface area contributed by atoms with Crippen molar-refractivity contribution in [2.75, 3.05) is 49.6 Å². The van der Waals surface area contributed by atoms with Crippen molar-refractivity contribution in [1.82, 2.24) is 9.88 Å². The smallest absolute Gasteiger partial charge is 0.313 e. The minimum absolute atomic E-state index is 0.176. The number of hydrogen-bond acceptors (Lipinski definition) is 6. The fourth-order valence-corrected chi connectivity index (χ4v) is 4.73. The summed E-state index contributed by atoms with van der Waals surface area (Å²) in [6.07, 6.45) is 6.17. The number of nitrogens with one attached hydrogen (secondary N) is 1. The molecule has 3 heterocycles. The number of carbonyl (C=O) groups is 3. The van der Waals surface area contributed by atoms with Crippen LogP contribution in [0.25, 0.3) is 17.0 Å². The van der Waals surface area contributed by atoms with Gasteiger partial charge in [-0.25, -0.2) is 4.98 Å². The van der Waals surface area contributed by atoms with Gasteiger partial charge in [-0.15, -0.1) is 0 Å². The van der Waals surface area contributed by atoms with Crippen LogP contribution in [0.1, 0.15) is 35.3 Å². The van der Waals surface area contributed by atoms with E-state index in [4.69, 9.17) is 9.72 Å². The average molecular weight is 499 g/mol. The molecule has 2 amide bonds. The third-order valence-corrected chi connectivity index (χ3v) is 6.74. The number of allylic oxidation sites excluding steroid dienone is 1. The van der Waals surface area contributed by atoms with Gasteiger partial charge in [0.05, 0.1) is 24.4 Å². The molecule has 0 bridgehead atoms. The predicted octanol–water partition coefficient (Wildman–Crippen LogP) is 3.92. The molecule has 37 heavy (non-hydrogen) atoms. The van der Waals surface area contributed by atoms with Gasteiger partial charge in [-0.05, 0) is 67.8 Å². The Balaban J connectivity index is 1.27. The normalized spacial score (nSPS) is 16.2. The van der Waals surface area contributed by atoms with Crippen LogP contribution in [0, 0.1) is 0 Å². The highest BCUT2D eigenvalue weighted by atomic mass is 16.5. The van der Waals surface area contributed by atoms with Gasteiger partial charge in [0, 0.05) is 48.5 Å². The van der Waals surface area contributed by atoms with Crippen molar-refractivity contribution in [3.8, 4) is 0 Å². The summed E-state index contributed by atoms with van der Waals surface area (Å²) < 4.78 is 5.50. The molecule has 8 nitrogen and oxygen atoms in total. The second kappa shape index (κ2) is 11.3. The third-order valence-electron chi connectivity index (χ3n) is 6.74.